The van der Waals surface area contributed by atoms with Crippen LogP contribution in [0.15, 0.2) is 36.4 Å². The maximum absolute atomic E-state index is 15.1. The van der Waals surface area contributed by atoms with Gasteiger partial charge in [-0.15, -0.1) is 0 Å². The molecule has 1 saturated carbocycles. The van der Waals surface area contributed by atoms with Gasteiger partial charge < -0.3 is 4.74 Å². The molecular weight excluding hydrogens is 430 g/mol. The predicted octanol–water partition coefficient (Wildman–Crippen LogP) is 8.74. The molecule has 4 heteroatoms. The highest BCUT2D eigenvalue weighted by Crippen LogP contribution is 2.41. The topological polar surface area (TPSA) is 9.23 Å². The van der Waals surface area contributed by atoms with Crippen LogP contribution in [0.1, 0.15) is 76.2 Å². The van der Waals surface area contributed by atoms with Gasteiger partial charge >= 0.3 is 0 Å². The maximum Gasteiger partial charge on any atom is 0.166 e. The van der Waals surface area contributed by atoms with Crippen molar-refractivity contribution in [1.82, 2.24) is 0 Å². The lowest BCUT2D eigenvalue weighted by atomic mass is 9.76. The Bertz CT molecular complexity index is 881. The standard InChI is InChI=1S/C29H40F2OSi/c1-3-18-33-19-16-22(17-20-33)5-4-21-6-8-23(9-7-21)26-14-15-27(29(31)28(26)30)24-10-12-25(32-2)13-11-24/h10-15,21-23,33H,3-9,16-20H2,1-2H3/t21?,22-,23?,33-. The molecule has 4 rings (SSSR count). The number of ether oxygens (including phenoxy) is 1. The first-order chi connectivity index (χ1) is 16.1. The Labute approximate surface area is 200 Å². The zero-order valence-electron chi connectivity index (χ0n) is 20.4. The Balaban J connectivity index is 1.29. The van der Waals surface area contributed by atoms with Gasteiger partial charge in [0.2, 0.25) is 0 Å². The van der Waals surface area contributed by atoms with Crippen molar-refractivity contribution in [3.05, 3.63) is 53.6 Å². The van der Waals surface area contributed by atoms with Crippen LogP contribution in [0, 0.1) is 23.5 Å². The number of methoxy groups -OCH3 is 1. The summed E-state index contributed by atoms with van der Waals surface area (Å²) in [5, 5.41) is 0. The van der Waals surface area contributed by atoms with Crippen LogP contribution in [0.5, 0.6) is 5.75 Å². The van der Waals surface area contributed by atoms with Crippen molar-refractivity contribution in [2.75, 3.05) is 7.11 Å². The molecule has 2 aromatic rings. The second kappa shape index (κ2) is 11.6. The SMILES string of the molecule is CCC[Si@H]1CC[C@H](CCC2CCC(c3ccc(-c4ccc(OC)cc4)c(F)c3F)CC2)CC1. The lowest BCUT2D eigenvalue weighted by Gasteiger charge is -2.32. The fraction of sp³-hybridized carbons (Fsp3) is 0.586. The van der Waals surface area contributed by atoms with Gasteiger partial charge in [-0.1, -0.05) is 81.4 Å². The quantitative estimate of drug-likeness (QED) is 0.350. The van der Waals surface area contributed by atoms with Gasteiger partial charge in [-0.25, -0.2) is 8.78 Å². The molecule has 0 atom stereocenters. The average molecular weight is 471 g/mol. The molecule has 0 radical (unpaired) electrons. The zero-order chi connectivity index (χ0) is 23.2. The van der Waals surface area contributed by atoms with E-state index >= 15 is 4.39 Å². The summed E-state index contributed by atoms with van der Waals surface area (Å²) >= 11 is 0. The molecule has 0 unspecified atom stereocenters. The summed E-state index contributed by atoms with van der Waals surface area (Å²) in [5.41, 5.74) is 1.57. The Kier molecular flexibility index (Phi) is 8.62. The first-order valence-electron chi connectivity index (χ1n) is 13.2. The molecule has 1 aliphatic carbocycles. The molecule has 2 fully saturated rings. The van der Waals surface area contributed by atoms with Gasteiger partial charge in [-0.3, -0.25) is 0 Å². The molecule has 180 valence electrons. The summed E-state index contributed by atoms with van der Waals surface area (Å²) in [6.45, 7) is 2.34. The smallest absolute Gasteiger partial charge is 0.166 e. The monoisotopic (exact) mass is 470 g/mol. The molecule has 0 N–H and O–H groups in total. The molecule has 1 saturated heterocycles. The molecule has 1 heterocycles. The minimum atomic E-state index is -0.720. The van der Waals surface area contributed by atoms with Crippen LogP contribution in [0.25, 0.3) is 11.1 Å². The van der Waals surface area contributed by atoms with Crippen LogP contribution >= 0.6 is 0 Å². The number of benzene rings is 2. The second-order valence-electron chi connectivity index (χ2n) is 10.5. The summed E-state index contributed by atoms with van der Waals surface area (Å²) in [5.74, 6) is 1.22. The highest BCUT2D eigenvalue weighted by Gasteiger charge is 2.28. The Hall–Kier alpha value is -1.68. The van der Waals surface area contributed by atoms with E-state index < -0.39 is 11.6 Å². The van der Waals surface area contributed by atoms with E-state index in [-0.39, 0.29) is 14.7 Å². The lowest BCUT2D eigenvalue weighted by Crippen LogP contribution is -2.22. The van der Waals surface area contributed by atoms with Crippen LogP contribution < -0.4 is 4.74 Å². The molecule has 0 aromatic heterocycles. The average Bonchev–Trinajstić information content (AvgIpc) is 2.86. The third-order valence-corrected chi connectivity index (χ3v) is 12.1. The first kappa shape index (κ1) is 24.4. The van der Waals surface area contributed by atoms with E-state index in [4.69, 9.17) is 4.74 Å². The van der Waals surface area contributed by atoms with Crippen molar-refractivity contribution >= 4 is 8.80 Å². The van der Waals surface area contributed by atoms with E-state index in [1.54, 1.807) is 55.6 Å². The summed E-state index contributed by atoms with van der Waals surface area (Å²) in [4.78, 5) is 0. The number of halogens is 2. The van der Waals surface area contributed by atoms with Crippen molar-refractivity contribution < 1.29 is 13.5 Å². The van der Waals surface area contributed by atoms with Crippen LogP contribution in [0.3, 0.4) is 0 Å². The van der Waals surface area contributed by atoms with Gasteiger partial charge in [0.05, 0.1) is 7.11 Å². The van der Waals surface area contributed by atoms with E-state index in [2.05, 4.69) is 6.92 Å². The largest absolute Gasteiger partial charge is 0.497 e. The van der Waals surface area contributed by atoms with Crippen molar-refractivity contribution in [2.24, 2.45) is 11.8 Å². The minimum absolute atomic E-state index is 0.149. The van der Waals surface area contributed by atoms with Gasteiger partial charge in [-0.05, 0) is 66.7 Å². The Morgan fingerprint density at radius 1 is 0.818 bits per heavy atom. The fourth-order valence-electron chi connectivity index (χ4n) is 6.32. The van der Waals surface area contributed by atoms with Gasteiger partial charge in [-0.2, -0.15) is 0 Å². The molecule has 2 aliphatic rings. The Morgan fingerprint density at radius 3 is 2.06 bits per heavy atom. The molecule has 0 bridgehead atoms. The van der Waals surface area contributed by atoms with E-state index in [1.165, 1.54) is 32.1 Å². The minimum Gasteiger partial charge on any atom is -0.497 e. The molecular formula is C29H40F2OSi. The van der Waals surface area contributed by atoms with Crippen molar-refractivity contribution in [1.29, 1.82) is 0 Å². The predicted molar refractivity (Wildman–Crippen MR) is 137 cm³/mol. The highest BCUT2D eigenvalue weighted by atomic mass is 28.3. The molecule has 1 aliphatic heterocycles. The molecule has 0 spiro atoms. The van der Waals surface area contributed by atoms with Crippen LogP contribution in [0.2, 0.25) is 18.1 Å². The van der Waals surface area contributed by atoms with Crippen molar-refractivity contribution in [3.8, 4) is 16.9 Å². The van der Waals surface area contributed by atoms with Gasteiger partial charge in [0.15, 0.2) is 11.6 Å². The van der Waals surface area contributed by atoms with Gasteiger partial charge in [0.25, 0.3) is 0 Å². The van der Waals surface area contributed by atoms with Crippen molar-refractivity contribution in [3.63, 3.8) is 0 Å². The van der Waals surface area contributed by atoms with Gasteiger partial charge in [0.1, 0.15) is 5.75 Å². The van der Waals surface area contributed by atoms with E-state index in [9.17, 15) is 4.39 Å². The number of hydrogen-bond acceptors (Lipinski definition) is 1. The first-order valence-corrected chi connectivity index (χ1v) is 15.7. The van der Waals surface area contributed by atoms with Crippen LogP contribution in [-0.4, -0.2) is 15.9 Å². The molecule has 33 heavy (non-hydrogen) atoms. The normalized spacial score (nSPS) is 25.7. The maximum atomic E-state index is 15.1. The van der Waals surface area contributed by atoms with Crippen LogP contribution in [-0.2, 0) is 0 Å². The summed E-state index contributed by atoms with van der Waals surface area (Å²) in [7, 11) is 1.22. The van der Waals surface area contributed by atoms with E-state index in [0.29, 0.717) is 22.4 Å². The molecule has 1 nitrogen and oxygen atoms in total. The summed E-state index contributed by atoms with van der Waals surface area (Å²) in [6, 6.07) is 15.4. The zero-order valence-corrected chi connectivity index (χ0v) is 21.6. The van der Waals surface area contributed by atoms with Crippen molar-refractivity contribution in [2.45, 2.75) is 88.8 Å². The number of rotatable bonds is 8. The lowest BCUT2D eigenvalue weighted by molar-refractivity contribution is 0.277. The Morgan fingerprint density at radius 2 is 1.45 bits per heavy atom. The molecule has 2 aromatic carbocycles. The highest BCUT2D eigenvalue weighted by molar-refractivity contribution is 6.58. The number of hydrogen-bond donors (Lipinski definition) is 0. The summed E-state index contributed by atoms with van der Waals surface area (Å²) < 4.78 is 35.2. The van der Waals surface area contributed by atoms with E-state index in [1.807, 2.05) is 6.07 Å². The van der Waals surface area contributed by atoms with Gasteiger partial charge in [0, 0.05) is 14.4 Å². The third-order valence-electron chi connectivity index (χ3n) is 8.45. The molecule has 0 amide bonds. The fourth-order valence-corrected chi connectivity index (χ4v) is 9.89. The summed E-state index contributed by atoms with van der Waals surface area (Å²) in [6.07, 6.45) is 11.4. The third kappa shape index (κ3) is 6.06. The van der Waals surface area contributed by atoms with E-state index in [0.717, 1.165) is 37.5 Å². The second-order valence-corrected chi connectivity index (χ2v) is 14.0. The van der Waals surface area contributed by atoms with Crippen LogP contribution in [0.4, 0.5) is 8.78 Å².